The molecule has 0 saturated carbocycles. The van der Waals surface area contributed by atoms with Crippen molar-refractivity contribution in [3.8, 4) is 0 Å². The molecule has 0 spiro atoms. The largest absolute Gasteiger partial charge is 0.376 e. The van der Waals surface area contributed by atoms with Crippen molar-refractivity contribution in [3.05, 3.63) is 11.1 Å². The minimum atomic E-state index is 0.313. The Morgan fingerprint density at radius 1 is 1.42 bits per heavy atom. The topological polar surface area (TPSA) is 62.2 Å². The van der Waals surface area contributed by atoms with Crippen molar-refractivity contribution in [3.63, 3.8) is 0 Å². The molecule has 26 heavy (non-hydrogen) atoms. The summed E-state index contributed by atoms with van der Waals surface area (Å²) in [7, 11) is 5.87. The van der Waals surface area contributed by atoms with E-state index >= 15 is 0 Å². The molecule has 0 bridgehead atoms. The van der Waals surface area contributed by atoms with Gasteiger partial charge >= 0.3 is 0 Å². The Balaban J connectivity index is 1.40. The summed E-state index contributed by atoms with van der Waals surface area (Å²) < 4.78 is 11.7. The fourth-order valence-electron chi connectivity index (χ4n) is 3.34. The highest BCUT2D eigenvalue weighted by molar-refractivity contribution is 7.13. The number of hydrogen-bond donors (Lipinski definition) is 1. The van der Waals surface area contributed by atoms with Crippen LogP contribution in [0.25, 0.3) is 0 Å². The summed E-state index contributed by atoms with van der Waals surface area (Å²) in [6.45, 7) is 4.28. The second-order valence-corrected chi connectivity index (χ2v) is 7.91. The monoisotopic (exact) mass is 381 g/mol. The van der Waals surface area contributed by atoms with E-state index in [2.05, 4.69) is 25.6 Å². The molecule has 3 rings (SSSR count). The summed E-state index contributed by atoms with van der Waals surface area (Å²) in [5, 5.41) is 6.57. The third-order valence-corrected chi connectivity index (χ3v) is 5.90. The van der Waals surface area contributed by atoms with E-state index in [0.717, 1.165) is 62.4 Å². The van der Waals surface area contributed by atoms with Gasteiger partial charge in [0, 0.05) is 46.2 Å². The smallest absolute Gasteiger partial charge is 0.193 e. The molecule has 2 aliphatic heterocycles. The maximum absolute atomic E-state index is 6.06. The number of aliphatic imine (C=N–C) groups is 1. The molecule has 7 nitrogen and oxygen atoms in total. The van der Waals surface area contributed by atoms with Gasteiger partial charge in [-0.25, -0.2) is 4.98 Å². The highest BCUT2D eigenvalue weighted by atomic mass is 32.1. The number of likely N-dealkylation sites (tertiary alicyclic amines) is 1. The second kappa shape index (κ2) is 9.53. The summed E-state index contributed by atoms with van der Waals surface area (Å²) in [4.78, 5) is 13.4. The van der Waals surface area contributed by atoms with Crippen LogP contribution in [0.5, 0.6) is 0 Å². The van der Waals surface area contributed by atoms with Crippen LogP contribution in [-0.4, -0.2) is 75.5 Å². The van der Waals surface area contributed by atoms with E-state index in [1.165, 1.54) is 6.42 Å². The molecular weight excluding hydrogens is 350 g/mol. The Bertz CT molecular complexity index is 578. The number of hydrogen-bond acceptors (Lipinski definition) is 6. The summed E-state index contributed by atoms with van der Waals surface area (Å²) >= 11 is 1.66. The van der Waals surface area contributed by atoms with Crippen LogP contribution in [0.3, 0.4) is 0 Å². The van der Waals surface area contributed by atoms with Crippen molar-refractivity contribution >= 4 is 22.4 Å². The van der Waals surface area contributed by atoms with Crippen LogP contribution >= 0.6 is 11.3 Å². The lowest BCUT2D eigenvalue weighted by Gasteiger charge is -2.34. The first kappa shape index (κ1) is 19.4. The SMILES string of the molecule is CN=C(NCc1csc(N(C)C)n1)N1CCC(OCC2CCCO2)CC1. The predicted octanol–water partition coefficient (Wildman–Crippen LogP) is 1.94. The third-order valence-electron chi connectivity index (χ3n) is 4.84. The number of piperidine rings is 1. The average molecular weight is 382 g/mol. The molecule has 0 aromatic carbocycles. The van der Waals surface area contributed by atoms with Crippen LogP contribution in [0.15, 0.2) is 10.4 Å². The van der Waals surface area contributed by atoms with Crippen molar-refractivity contribution in [2.45, 2.75) is 44.4 Å². The molecule has 3 heterocycles. The first-order chi connectivity index (χ1) is 12.7. The number of thiazole rings is 1. The van der Waals surface area contributed by atoms with Gasteiger partial charge in [0.05, 0.1) is 31.1 Å². The number of nitrogens with one attached hydrogen (secondary N) is 1. The fourth-order valence-corrected chi connectivity index (χ4v) is 4.10. The summed E-state index contributed by atoms with van der Waals surface area (Å²) in [6, 6.07) is 0. The van der Waals surface area contributed by atoms with Crippen molar-refractivity contribution in [2.24, 2.45) is 4.99 Å². The summed E-state index contributed by atoms with van der Waals surface area (Å²) in [5.41, 5.74) is 1.05. The number of aromatic nitrogens is 1. The van der Waals surface area contributed by atoms with E-state index in [9.17, 15) is 0 Å². The molecule has 2 aliphatic rings. The molecule has 1 unspecified atom stereocenters. The zero-order valence-electron chi connectivity index (χ0n) is 16.1. The van der Waals surface area contributed by atoms with Crippen LogP contribution in [0.1, 0.15) is 31.4 Å². The van der Waals surface area contributed by atoms with Gasteiger partial charge in [-0.3, -0.25) is 4.99 Å². The Morgan fingerprint density at radius 3 is 2.85 bits per heavy atom. The Kier molecular flexibility index (Phi) is 7.10. The van der Waals surface area contributed by atoms with Gasteiger partial charge < -0.3 is 24.6 Å². The van der Waals surface area contributed by atoms with E-state index in [0.29, 0.717) is 18.8 Å². The molecule has 0 aliphatic carbocycles. The van der Waals surface area contributed by atoms with Gasteiger partial charge in [0.15, 0.2) is 11.1 Å². The standard InChI is InChI=1S/C18H31N5O2S/c1-19-17(20-11-14-13-26-18(21-14)22(2)3)23-8-6-15(7-9-23)25-12-16-5-4-10-24-16/h13,15-16H,4-12H2,1-3H3,(H,19,20). The first-order valence-corrected chi connectivity index (χ1v) is 10.3. The lowest BCUT2D eigenvalue weighted by molar-refractivity contribution is -0.0367. The number of nitrogens with zero attached hydrogens (tertiary/aromatic N) is 4. The highest BCUT2D eigenvalue weighted by Gasteiger charge is 2.24. The number of anilines is 1. The molecule has 1 aromatic heterocycles. The molecule has 2 saturated heterocycles. The molecule has 1 atom stereocenters. The third kappa shape index (κ3) is 5.31. The number of ether oxygens (including phenoxy) is 2. The zero-order valence-corrected chi connectivity index (χ0v) is 16.9. The van der Waals surface area contributed by atoms with Crippen LogP contribution in [0.2, 0.25) is 0 Å². The normalized spacial score (nSPS) is 22.0. The number of rotatable bonds is 6. The van der Waals surface area contributed by atoms with Crippen molar-refractivity contribution in [1.29, 1.82) is 0 Å². The molecule has 146 valence electrons. The zero-order chi connectivity index (χ0) is 18.4. The lowest BCUT2D eigenvalue weighted by atomic mass is 10.1. The quantitative estimate of drug-likeness (QED) is 0.600. The lowest BCUT2D eigenvalue weighted by Crippen LogP contribution is -2.47. The molecule has 1 aromatic rings. The van der Waals surface area contributed by atoms with Gasteiger partial charge in [-0.05, 0) is 25.7 Å². The average Bonchev–Trinajstić information content (AvgIpc) is 3.33. The van der Waals surface area contributed by atoms with Crippen LogP contribution in [0.4, 0.5) is 5.13 Å². The Hall–Kier alpha value is -1.38. The first-order valence-electron chi connectivity index (χ1n) is 9.46. The fraction of sp³-hybridized carbons (Fsp3) is 0.778. The summed E-state index contributed by atoms with van der Waals surface area (Å²) in [5.74, 6) is 0.946. The second-order valence-electron chi connectivity index (χ2n) is 7.07. The molecule has 0 amide bonds. The van der Waals surface area contributed by atoms with E-state index in [1.54, 1.807) is 11.3 Å². The van der Waals surface area contributed by atoms with Gasteiger partial charge in [-0.1, -0.05) is 0 Å². The predicted molar refractivity (Wildman–Crippen MR) is 106 cm³/mol. The van der Waals surface area contributed by atoms with Crippen molar-refractivity contribution in [2.75, 3.05) is 52.3 Å². The van der Waals surface area contributed by atoms with Crippen molar-refractivity contribution in [1.82, 2.24) is 15.2 Å². The van der Waals surface area contributed by atoms with Gasteiger partial charge in [0.25, 0.3) is 0 Å². The number of guanidine groups is 1. The van der Waals surface area contributed by atoms with Crippen LogP contribution in [0, 0.1) is 0 Å². The van der Waals surface area contributed by atoms with Crippen LogP contribution < -0.4 is 10.2 Å². The highest BCUT2D eigenvalue weighted by Crippen LogP contribution is 2.19. The molecule has 2 fully saturated rings. The van der Waals surface area contributed by atoms with E-state index in [1.807, 2.05) is 26.0 Å². The van der Waals surface area contributed by atoms with Gasteiger partial charge in [0.1, 0.15) is 0 Å². The van der Waals surface area contributed by atoms with Crippen molar-refractivity contribution < 1.29 is 9.47 Å². The minimum Gasteiger partial charge on any atom is -0.376 e. The minimum absolute atomic E-state index is 0.313. The molecule has 8 heteroatoms. The maximum atomic E-state index is 6.06. The molecular formula is C18H31N5O2S. The van der Waals surface area contributed by atoms with E-state index < -0.39 is 0 Å². The Morgan fingerprint density at radius 2 is 2.23 bits per heavy atom. The van der Waals surface area contributed by atoms with Gasteiger partial charge in [-0.15, -0.1) is 11.3 Å². The van der Waals surface area contributed by atoms with Gasteiger partial charge in [-0.2, -0.15) is 0 Å². The van der Waals surface area contributed by atoms with E-state index in [-0.39, 0.29) is 0 Å². The van der Waals surface area contributed by atoms with Gasteiger partial charge in [0.2, 0.25) is 0 Å². The maximum Gasteiger partial charge on any atom is 0.193 e. The van der Waals surface area contributed by atoms with E-state index in [4.69, 9.17) is 9.47 Å². The summed E-state index contributed by atoms with van der Waals surface area (Å²) in [6.07, 6.45) is 5.04. The molecule has 0 radical (unpaired) electrons. The Labute approximate surface area is 160 Å². The van der Waals surface area contributed by atoms with Crippen LogP contribution in [-0.2, 0) is 16.0 Å². The molecule has 1 N–H and O–H groups in total.